The fourth-order valence-corrected chi connectivity index (χ4v) is 2.42. The zero-order valence-corrected chi connectivity index (χ0v) is 11.0. The summed E-state index contributed by atoms with van der Waals surface area (Å²) in [6.07, 6.45) is 0. The number of benzene rings is 1. The molecule has 1 saturated heterocycles. The van der Waals surface area contributed by atoms with Crippen LogP contribution >= 0.6 is 0 Å². The first-order valence-corrected chi connectivity index (χ1v) is 6.20. The van der Waals surface area contributed by atoms with Gasteiger partial charge in [0.2, 0.25) is 0 Å². The highest BCUT2D eigenvalue weighted by molar-refractivity contribution is 5.55. The van der Waals surface area contributed by atoms with Crippen LogP contribution in [-0.4, -0.2) is 25.3 Å². The Bertz CT molecular complexity index is 401. The van der Waals surface area contributed by atoms with Crippen molar-refractivity contribution in [2.45, 2.75) is 32.9 Å². The molecule has 0 saturated carbocycles. The van der Waals surface area contributed by atoms with E-state index in [0.29, 0.717) is 6.54 Å². The highest BCUT2D eigenvalue weighted by Gasteiger charge is 2.27. The van der Waals surface area contributed by atoms with Gasteiger partial charge in [0.1, 0.15) is 0 Å². The summed E-state index contributed by atoms with van der Waals surface area (Å²) in [6, 6.07) is 6.47. The number of nitrogens with zero attached hydrogens (tertiary/aromatic N) is 1. The van der Waals surface area contributed by atoms with Crippen molar-refractivity contribution in [1.82, 2.24) is 0 Å². The number of rotatable bonds is 2. The minimum atomic E-state index is -0.0583. The molecular weight excluding hydrogens is 212 g/mol. The molecule has 0 unspecified atom stereocenters. The van der Waals surface area contributed by atoms with Gasteiger partial charge in [0, 0.05) is 25.3 Å². The van der Waals surface area contributed by atoms with Gasteiger partial charge in [0.05, 0.1) is 12.2 Å². The van der Waals surface area contributed by atoms with Crippen LogP contribution in [0, 0.1) is 6.92 Å². The van der Waals surface area contributed by atoms with Crippen LogP contribution in [0.25, 0.3) is 0 Å². The fourth-order valence-electron chi connectivity index (χ4n) is 2.42. The summed E-state index contributed by atoms with van der Waals surface area (Å²) >= 11 is 0. The first kappa shape index (κ1) is 12.4. The van der Waals surface area contributed by atoms with Crippen molar-refractivity contribution < 1.29 is 4.74 Å². The Labute approximate surface area is 104 Å². The molecule has 0 radical (unpaired) electrons. The average molecular weight is 234 g/mol. The van der Waals surface area contributed by atoms with Gasteiger partial charge in [-0.1, -0.05) is 12.1 Å². The van der Waals surface area contributed by atoms with E-state index in [9.17, 15) is 0 Å². The largest absolute Gasteiger partial charge is 0.372 e. The molecule has 94 valence electrons. The molecule has 1 aromatic carbocycles. The predicted molar refractivity (Wildman–Crippen MR) is 71.3 cm³/mol. The van der Waals surface area contributed by atoms with Crippen molar-refractivity contribution in [2.75, 3.05) is 24.6 Å². The minimum absolute atomic E-state index is 0.0583. The van der Waals surface area contributed by atoms with Crippen LogP contribution in [0.2, 0.25) is 0 Å². The van der Waals surface area contributed by atoms with Crippen molar-refractivity contribution in [3.63, 3.8) is 0 Å². The van der Waals surface area contributed by atoms with Gasteiger partial charge in [-0.3, -0.25) is 0 Å². The third kappa shape index (κ3) is 2.79. The third-order valence-corrected chi connectivity index (χ3v) is 3.26. The van der Waals surface area contributed by atoms with Crippen molar-refractivity contribution in [3.8, 4) is 0 Å². The van der Waals surface area contributed by atoms with Crippen molar-refractivity contribution in [2.24, 2.45) is 5.73 Å². The monoisotopic (exact) mass is 234 g/mol. The van der Waals surface area contributed by atoms with Crippen LogP contribution in [0.5, 0.6) is 0 Å². The lowest BCUT2D eigenvalue weighted by molar-refractivity contribution is -0.0277. The summed E-state index contributed by atoms with van der Waals surface area (Å²) in [4.78, 5) is 2.40. The predicted octanol–water partition coefficient (Wildman–Crippen LogP) is 2.07. The number of ether oxygens (including phenoxy) is 1. The Kier molecular flexibility index (Phi) is 3.40. The number of nitrogens with two attached hydrogens (primary N) is 1. The van der Waals surface area contributed by atoms with Gasteiger partial charge < -0.3 is 15.4 Å². The van der Waals surface area contributed by atoms with Gasteiger partial charge in [-0.15, -0.1) is 0 Å². The number of anilines is 1. The van der Waals surface area contributed by atoms with Crippen molar-refractivity contribution in [3.05, 3.63) is 29.3 Å². The molecule has 1 aliphatic rings. The molecular formula is C14H22N2O. The average Bonchev–Trinajstić information content (AvgIpc) is 2.27. The van der Waals surface area contributed by atoms with Gasteiger partial charge in [-0.2, -0.15) is 0 Å². The number of hydrogen-bond donors (Lipinski definition) is 1. The normalized spacial score (nSPS) is 19.4. The molecule has 0 aliphatic carbocycles. The Hall–Kier alpha value is -1.06. The van der Waals surface area contributed by atoms with E-state index < -0.39 is 0 Å². The maximum atomic E-state index is 5.74. The molecule has 3 heteroatoms. The van der Waals surface area contributed by atoms with Crippen LogP contribution in [0.15, 0.2) is 18.2 Å². The Morgan fingerprint density at radius 2 is 2.18 bits per heavy atom. The molecule has 1 aliphatic heterocycles. The van der Waals surface area contributed by atoms with E-state index in [1.54, 1.807) is 0 Å². The zero-order chi connectivity index (χ0) is 12.5. The molecule has 0 bridgehead atoms. The zero-order valence-electron chi connectivity index (χ0n) is 11.0. The molecule has 0 amide bonds. The van der Waals surface area contributed by atoms with Crippen molar-refractivity contribution in [1.29, 1.82) is 0 Å². The molecule has 2 N–H and O–H groups in total. The maximum absolute atomic E-state index is 5.74. The highest BCUT2D eigenvalue weighted by Crippen LogP contribution is 2.26. The Balaban J connectivity index is 2.22. The first-order chi connectivity index (χ1) is 8.02. The lowest BCUT2D eigenvalue weighted by atomic mass is 10.0. The molecule has 1 heterocycles. The van der Waals surface area contributed by atoms with Crippen LogP contribution < -0.4 is 10.6 Å². The SMILES string of the molecule is Cc1cc(CN)ccc1N1CCOC(C)(C)C1. The summed E-state index contributed by atoms with van der Waals surface area (Å²) in [5.74, 6) is 0. The minimum Gasteiger partial charge on any atom is -0.372 e. The second-order valence-corrected chi connectivity index (χ2v) is 5.35. The van der Waals surface area contributed by atoms with E-state index in [1.165, 1.54) is 16.8 Å². The van der Waals surface area contributed by atoms with Gasteiger partial charge in [-0.25, -0.2) is 0 Å². The first-order valence-electron chi connectivity index (χ1n) is 6.20. The summed E-state index contributed by atoms with van der Waals surface area (Å²) in [5.41, 5.74) is 9.39. The Morgan fingerprint density at radius 3 is 2.76 bits per heavy atom. The lowest BCUT2D eigenvalue weighted by Crippen LogP contribution is -2.48. The van der Waals surface area contributed by atoms with Gasteiger partial charge in [-0.05, 0) is 38.0 Å². The molecule has 17 heavy (non-hydrogen) atoms. The van der Waals surface area contributed by atoms with Crippen LogP contribution in [0.4, 0.5) is 5.69 Å². The molecule has 1 fully saturated rings. The number of morpholine rings is 1. The van der Waals surface area contributed by atoms with Crippen molar-refractivity contribution >= 4 is 5.69 Å². The van der Waals surface area contributed by atoms with Crippen LogP contribution in [0.3, 0.4) is 0 Å². The standard InChI is InChI=1S/C14H22N2O/c1-11-8-12(9-15)4-5-13(11)16-6-7-17-14(2,3)10-16/h4-5,8H,6-7,9-10,15H2,1-3H3. The third-order valence-electron chi connectivity index (χ3n) is 3.26. The fraction of sp³-hybridized carbons (Fsp3) is 0.571. The van der Waals surface area contributed by atoms with E-state index in [1.807, 2.05) is 0 Å². The smallest absolute Gasteiger partial charge is 0.0801 e. The summed E-state index contributed by atoms with van der Waals surface area (Å²) in [7, 11) is 0. The van der Waals surface area contributed by atoms with E-state index in [2.05, 4.69) is 43.9 Å². The van der Waals surface area contributed by atoms with E-state index in [4.69, 9.17) is 10.5 Å². The van der Waals surface area contributed by atoms with E-state index in [0.717, 1.165) is 19.7 Å². The molecule has 0 spiro atoms. The molecule has 3 nitrogen and oxygen atoms in total. The summed E-state index contributed by atoms with van der Waals surface area (Å²) in [6.45, 7) is 9.74. The number of aryl methyl sites for hydroxylation is 1. The molecule has 2 rings (SSSR count). The van der Waals surface area contributed by atoms with Gasteiger partial charge in [0.25, 0.3) is 0 Å². The Morgan fingerprint density at radius 1 is 1.41 bits per heavy atom. The second-order valence-electron chi connectivity index (χ2n) is 5.35. The van der Waals surface area contributed by atoms with E-state index in [-0.39, 0.29) is 5.60 Å². The maximum Gasteiger partial charge on any atom is 0.0801 e. The van der Waals surface area contributed by atoms with Crippen LogP contribution in [-0.2, 0) is 11.3 Å². The highest BCUT2D eigenvalue weighted by atomic mass is 16.5. The molecule has 0 atom stereocenters. The summed E-state index contributed by atoms with van der Waals surface area (Å²) in [5, 5.41) is 0. The molecule has 1 aromatic rings. The lowest BCUT2D eigenvalue weighted by Gasteiger charge is -2.40. The van der Waals surface area contributed by atoms with Gasteiger partial charge in [0.15, 0.2) is 0 Å². The van der Waals surface area contributed by atoms with Gasteiger partial charge >= 0.3 is 0 Å². The summed E-state index contributed by atoms with van der Waals surface area (Å²) < 4.78 is 5.74. The topological polar surface area (TPSA) is 38.5 Å². The van der Waals surface area contributed by atoms with E-state index >= 15 is 0 Å². The second kappa shape index (κ2) is 4.67. The quantitative estimate of drug-likeness (QED) is 0.851. The molecule has 0 aromatic heterocycles. The van der Waals surface area contributed by atoms with Crippen LogP contribution in [0.1, 0.15) is 25.0 Å². The number of hydrogen-bond acceptors (Lipinski definition) is 3.